The summed E-state index contributed by atoms with van der Waals surface area (Å²) in [6.07, 6.45) is -5.70. The Kier molecular flexibility index (Phi) is 7.12. The number of nitrogens with zero attached hydrogens (tertiary/aromatic N) is 3. The number of likely N-dealkylation sites (tertiary alicyclic amines) is 1. The summed E-state index contributed by atoms with van der Waals surface area (Å²) in [7, 11) is 0. The fourth-order valence-corrected chi connectivity index (χ4v) is 6.07. The van der Waals surface area contributed by atoms with E-state index in [0.717, 1.165) is 76.7 Å². The van der Waals surface area contributed by atoms with E-state index >= 15 is 0 Å². The van der Waals surface area contributed by atoms with Crippen LogP contribution in [0.4, 0.5) is 32.2 Å². The number of aromatic nitrogens is 2. The molecule has 1 saturated carbocycles. The van der Waals surface area contributed by atoms with Crippen LogP contribution >= 0.6 is 0 Å². The van der Waals surface area contributed by atoms with Crippen molar-refractivity contribution in [2.45, 2.75) is 51.0 Å². The van der Waals surface area contributed by atoms with Crippen LogP contribution in [0.1, 0.15) is 42.4 Å². The molecular formula is C26H30F6N4O. The largest absolute Gasteiger partial charge is 0.420 e. The Morgan fingerprint density at radius 2 is 1.62 bits per heavy atom. The Morgan fingerprint density at radius 3 is 2.24 bits per heavy atom. The lowest BCUT2D eigenvalue weighted by Gasteiger charge is -2.28. The van der Waals surface area contributed by atoms with Crippen molar-refractivity contribution in [3.8, 4) is 11.3 Å². The van der Waals surface area contributed by atoms with Gasteiger partial charge in [-0.2, -0.15) is 26.3 Å². The number of aryl methyl sites for hydroxylation is 1. The molecule has 1 aromatic heterocycles. The third-order valence-corrected chi connectivity index (χ3v) is 7.96. The van der Waals surface area contributed by atoms with E-state index in [2.05, 4.69) is 20.4 Å². The molecule has 0 amide bonds. The molecule has 11 heteroatoms. The average Bonchev–Trinajstić information content (AvgIpc) is 3.37. The number of rotatable bonds is 5. The van der Waals surface area contributed by atoms with Gasteiger partial charge in [-0.05, 0) is 74.1 Å². The Morgan fingerprint density at radius 1 is 0.946 bits per heavy atom. The first kappa shape index (κ1) is 26.2. The molecule has 0 radical (unpaired) electrons. The van der Waals surface area contributed by atoms with Crippen LogP contribution in [-0.2, 0) is 17.1 Å². The molecule has 0 unspecified atom stereocenters. The Balaban J connectivity index is 1.29. The third-order valence-electron chi connectivity index (χ3n) is 7.96. The lowest BCUT2D eigenvalue weighted by atomic mass is 10.00. The Hall–Kier alpha value is -2.40. The standard InChI is InChI=1S/C26H30F6N4O/c1-15-2-3-19(25(27,28)29)10-21(15)23-11-22(26(30,31)32)24(35-34-23)33-20-8-17-13-36(14-18(17)9-20)12-16-4-6-37-7-5-16/h2-3,10-11,16-18,20H,4-9,12-14H2,1H3,(H,33,35)/t17-,18+,20-. The highest BCUT2D eigenvalue weighted by Gasteiger charge is 2.43. The van der Waals surface area contributed by atoms with E-state index in [9.17, 15) is 26.3 Å². The second-order valence-corrected chi connectivity index (χ2v) is 10.6. The molecule has 1 aromatic carbocycles. The molecule has 3 heterocycles. The van der Waals surface area contributed by atoms with Gasteiger partial charge in [0.05, 0.1) is 11.3 Å². The Labute approximate surface area is 211 Å². The number of ether oxygens (including phenoxy) is 1. The van der Waals surface area contributed by atoms with Crippen molar-refractivity contribution in [3.63, 3.8) is 0 Å². The average molecular weight is 529 g/mol. The van der Waals surface area contributed by atoms with Crippen LogP contribution in [0, 0.1) is 24.7 Å². The summed E-state index contributed by atoms with van der Waals surface area (Å²) in [5.74, 6) is 1.12. The van der Waals surface area contributed by atoms with E-state index in [4.69, 9.17) is 4.74 Å². The highest BCUT2D eigenvalue weighted by Crippen LogP contribution is 2.42. The van der Waals surface area contributed by atoms with Crippen molar-refractivity contribution >= 4 is 5.82 Å². The van der Waals surface area contributed by atoms with E-state index in [1.165, 1.54) is 13.0 Å². The first-order valence-electron chi connectivity index (χ1n) is 12.7. The first-order valence-corrected chi connectivity index (χ1v) is 12.7. The Bertz CT molecular complexity index is 1100. The van der Waals surface area contributed by atoms with Crippen LogP contribution in [-0.4, -0.2) is 54.0 Å². The van der Waals surface area contributed by atoms with E-state index in [1.54, 1.807) is 0 Å². The molecular weight excluding hydrogens is 498 g/mol. The minimum absolute atomic E-state index is 0.0283. The fourth-order valence-electron chi connectivity index (χ4n) is 6.07. The van der Waals surface area contributed by atoms with Gasteiger partial charge in [0.25, 0.3) is 0 Å². The van der Waals surface area contributed by atoms with Gasteiger partial charge in [0.2, 0.25) is 0 Å². The summed E-state index contributed by atoms with van der Waals surface area (Å²) in [5.41, 5.74) is -1.86. The predicted octanol–water partition coefficient (Wildman–Crippen LogP) is 6.04. The maximum absolute atomic E-state index is 14.0. The van der Waals surface area contributed by atoms with Gasteiger partial charge in [0.1, 0.15) is 5.56 Å². The summed E-state index contributed by atoms with van der Waals surface area (Å²) < 4.78 is 86.9. The van der Waals surface area contributed by atoms with Gasteiger partial charge in [-0.1, -0.05) is 6.07 Å². The number of hydrogen-bond acceptors (Lipinski definition) is 5. The topological polar surface area (TPSA) is 50.3 Å². The fraction of sp³-hybridized carbons (Fsp3) is 0.615. The van der Waals surface area contributed by atoms with Gasteiger partial charge < -0.3 is 15.0 Å². The smallest absolute Gasteiger partial charge is 0.381 e. The summed E-state index contributed by atoms with van der Waals surface area (Å²) in [6, 6.07) is 3.58. The number of halogens is 6. The number of nitrogens with one attached hydrogen (secondary N) is 1. The van der Waals surface area contributed by atoms with E-state index in [0.29, 0.717) is 23.3 Å². The van der Waals surface area contributed by atoms with Crippen molar-refractivity contribution in [1.82, 2.24) is 15.1 Å². The molecule has 3 atom stereocenters. The summed E-state index contributed by atoms with van der Waals surface area (Å²) in [5, 5.41) is 10.7. The predicted molar refractivity (Wildman–Crippen MR) is 126 cm³/mol. The maximum atomic E-state index is 14.0. The monoisotopic (exact) mass is 528 g/mol. The minimum Gasteiger partial charge on any atom is -0.381 e. The lowest BCUT2D eigenvalue weighted by molar-refractivity contribution is -0.138. The number of benzene rings is 1. The molecule has 2 aliphatic heterocycles. The molecule has 3 aliphatic rings. The van der Waals surface area contributed by atoms with Crippen molar-refractivity contribution in [1.29, 1.82) is 0 Å². The molecule has 1 N–H and O–H groups in total. The van der Waals surface area contributed by atoms with Gasteiger partial charge >= 0.3 is 12.4 Å². The summed E-state index contributed by atoms with van der Waals surface area (Å²) in [6.45, 7) is 6.10. The zero-order valence-corrected chi connectivity index (χ0v) is 20.5. The van der Waals surface area contributed by atoms with Gasteiger partial charge in [-0.3, -0.25) is 0 Å². The molecule has 2 saturated heterocycles. The van der Waals surface area contributed by atoms with E-state index in [1.807, 2.05) is 0 Å². The molecule has 2 aromatic rings. The van der Waals surface area contributed by atoms with Gasteiger partial charge in [0.15, 0.2) is 5.82 Å². The summed E-state index contributed by atoms with van der Waals surface area (Å²) >= 11 is 0. The van der Waals surface area contributed by atoms with E-state index in [-0.39, 0.29) is 23.1 Å². The molecule has 5 nitrogen and oxygen atoms in total. The SMILES string of the molecule is Cc1ccc(C(F)(F)F)cc1-c1cc(C(F)(F)F)c(N[C@@H]2C[C@@H]3CN(CC4CCOCC4)C[C@@H]3C2)nn1. The number of fused-ring (bicyclic) bond motifs is 1. The maximum Gasteiger partial charge on any atom is 0.420 e. The van der Waals surface area contributed by atoms with Crippen LogP contribution in [0.3, 0.4) is 0 Å². The zero-order valence-electron chi connectivity index (χ0n) is 20.5. The lowest BCUT2D eigenvalue weighted by Crippen LogP contribution is -2.32. The zero-order chi connectivity index (χ0) is 26.4. The molecule has 5 rings (SSSR count). The van der Waals surface area contributed by atoms with Gasteiger partial charge in [-0.15, -0.1) is 10.2 Å². The minimum atomic E-state index is -4.74. The quantitative estimate of drug-likeness (QED) is 0.480. The van der Waals surface area contributed by atoms with Crippen molar-refractivity contribution < 1.29 is 31.1 Å². The van der Waals surface area contributed by atoms with Gasteiger partial charge in [0, 0.05) is 44.5 Å². The molecule has 0 bridgehead atoms. The number of alkyl halides is 6. The number of hydrogen-bond donors (Lipinski definition) is 1. The van der Waals surface area contributed by atoms with Crippen LogP contribution in [0.2, 0.25) is 0 Å². The van der Waals surface area contributed by atoms with Crippen molar-refractivity contribution in [2.75, 3.05) is 38.2 Å². The number of anilines is 1. The third kappa shape index (κ3) is 5.87. The molecule has 1 aliphatic carbocycles. The van der Waals surface area contributed by atoms with Crippen molar-refractivity contribution in [2.24, 2.45) is 17.8 Å². The van der Waals surface area contributed by atoms with Crippen LogP contribution < -0.4 is 5.32 Å². The second kappa shape index (κ2) is 10.1. The van der Waals surface area contributed by atoms with Gasteiger partial charge in [-0.25, -0.2) is 0 Å². The van der Waals surface area contributed by atoms with Crippen molar-refractivity contribution in [3.05, 3.63) is 41.0 Å². The molecule has 3 fully saturated rings. The van der Waals surface area contributed by atoms with Crippen LogP contribution in [0.25, 0.3) is 11.3 Å². The molecule has 0 spiro atoms. The first-order chi connectivity index (χ1) is 17.5. The van der Waals surface area contributed by atoms with E-state index < -0.39 is 23.5 Å². The highest BCUT2D eigenvalue weighted by molar-refractivity contribution is 5.67. The van der Waals surface area contributed by atoms with Crippen LogP contribution in [0.15, 0.2) is 24.3 Å². The second-order valence-electron chi connectivity index (χ2n) is 10.6. The normalized spacial score (nSPS) is 25.4. The highest BCUT2D eigenvalue weighted by atomic mass is 19.4. The summed E-state index contributed by atoms with van der Waals surface area (Å²) in [4.78, 5) is 2.48. The van der Waals surface area contributed by atoms with Crippen LogP contribution in [0.5, 0.6) is 0 Å². The molecule has 37 heavy (non-hydrogen) atoms. The molecule has 202 valence electrons.